The van der Waals surface area contributed by atoms with Crippen LogP contribution in [0.2, 0.25) is 0 Å². The predicted molar refractivity (Wildman–Crippen MR) is 521 cm³/mol. The lowest BCUT2D eigenvalue weighted by atomic mass is 10.0. The van der Waals surface area contributed by atoms with Gasteiger partial charge in [-0.15, -0.1) is 0 Å². The molecule has 0 aromatic carbocycles. The van der Waals surface area contributed by atoms with Crippen LogP contribution < -0.4 is 42.5 Å². The third kappa shape index (κ3) is 99.1. The summed E-state index contributed by atoms with van der Waals surface area (Å²) in [6.45, 7) is 21.0. The summed E-state index contributed by atoms with van der Waals surface area (Å²) in [5, 5.41) is 23.9. The smallest absolute Gasteiger partial charge is 0.242 e. The number of hydrogen-bond donors (Lipinski definition) is 8. The van der Waals surface area contributed by atoms with Crippen molar-refractivity contribution in [3.05, 3.63) is 0 Å². The summed E-state index contributed by atoms with van der Waals surface area (Å²) in [4.78, 5) is 102. The highest BCUT2D eigenvalue weighted by molar-refractivity contribution is 5.88. The monoisotopic (exact) mass is 1840 g/mol. The summed E-state index contributed by atoms with van der Waals surface area (Å²) in [7, 11) is 0. The fourth-order valence-electron chi connectivity index (χ4n) is 14.8. The fraction of sp³-hybridized carbons (Fsp3) is 0.922. The Morgan fingerprint density at radius 1 is 0.163 bits per heavy atom. The van der Waals surface area contributed by atoms with E-state index in [2.05, 4.69) is 70.2 Å². The van der Waals surface area contributed by atoms with Gasteiger partial charge in [0.25, 0.3) is 0 Å². The van der Waals surface area contributed by atoms with Gasteiger partial charge < -0.3 is 94.6 Å². The fourth-order valence-corrected chi connectivity index (χ4v) is 14.8. The van der Waals surface area contributed by atoms with E-state index >= 15 is 0 Å². The minimum atomic E-state index is -0.619. The second kappa shape index (κ2) is 105. The van der Waals surface area contributed by atoms with Crippen molar-refractivity contribution in [3.63, 3.8) is 0 Å². The van der Waals surface area contributed by atoms with Crippen molar-refractivity contribution < 1.29 is 90.5 Å². The summed E-state index contributed by atoms with van der Waals surface area (Å²) < 4.78 is 61.8. The maximum atomic E-state index is 13.4. The van der Waals surface area contributed by atoms with Crippen molar-refractivity contribution in [2.24, 2.45) is 0 Å². The van der Waals surface area contributed by atoms with Gasteiger partial charge in [0.05, 0.1) is 119 Å². The molecule has 0 heterocycles. The first-order chi connectivity index (χ1) is 63.5. The summed E-state index contributed by atoms with van der Waals surface area (Å²) in [5.74, 6) is -0.533. The second-order valence-electron chi connectivity index (χ2n) is 35.0. The number of nitrogens with one attached hydrogen (secondary N) is 8. The maximum Gasteiger partial charge on any atom is 0.242 e. The number of unbranched alkanes of at least 4 members (excludes halogenated alkanes) is 42. The molecule has 2 atom stereocenters. The SMILES string of the molecule is CCCCCCCCCCCCCC(=O)NCCCCC(NC(=O)CCCCCCCCCCCCC)C(=O)NCCCOCCOCCOCCCNC(=O)CCOCCOCCOCCOCCOCCC(=O)NCCCOCCOCCOCCCNC(=O)C(CCCCNC(=O)CCCCCCCCCCCCC)NC(=O)CCCCCCCCCCCCC. The van der Waals surface area contributed by atoms with Gasteiger partial charge in [0.1, 0.15) is 12.1 Å². The van der Waals surface area contributed by atoms with E-state index in [-0.39, 0.29) is 60.1 Å². The molecule has 27 heteroatoms. The molecule has 0 aliphatic rings. The van der Waals surface area contributed by atoms with Crippen LogP contribution in [-0.2, 0) is 90.5 Å². The molecule has 0 bridgehead atoms. The molecule has 0 saturated heterocycles. The zero-order valence-corrected chi connectivity index (χ0v) is 83.1. The molecule has 8 amide bonds. The van der Waals surface area contributed by atoms with Crippen LogP contribution in [0.15, 0.2) is 0 Å². The van der Waals surface area contributed by atoms with E-state index in [1.807, 2.05) is 0 Å². The summed E-state index contributed by atoms with van der Waals surface area (Å²) in [6.07, 6.45) is 63.2. The Labute approximate surface area is 786 Å². The van der Waals surface area contributed by atoms with Crippen molar-refractivity contribution in [1.82, 2.24) is 42.5 Å². The van der Waals surface area contributed by atoms with Crippen LogP contribution in [0.1, 0.15) is 413 Å². The minimum Gasteiger partial charge on any atom is -0.379 e. The van der Waals surface area contributed by atoms with Crippen LogP contribution in [0.25, 0.3) is 0 Å². The first-order valence-electron chi connectivity index (χ1n) is 53.0. The first kappa shape index (κ1) is 124. The van der Waals surface area contributed by atoms with Crippen molar-refractivity contribution in [1.29, 1.82) is 0 Å². The van der Waals surface area contributed by atoms with Gasteiger partial charge in [0.2, 0.25) is 47.3 Å². The number of carbonyl (C=O) groups excluding carboxylic acids is 8. The average Bonchev–Trinajstić information content (AvgIpc) is 0.923. The number of rotatable bonds is 108. The van der Waals surface area contributed by atoms with Crippen molar-refractivity contribution in [2.75, 3.05) is 185 Å². The number of ether oxygens (including phenoxy) is 11. The Morgan fingerprint density at radius 3 is 0.558 bits per heavy atom. The Morgan fingerprint density at radius 2 is 0.333 bits per heavy atom. The van der Waals surface area contributed by atoms with Gasteiger partial charge in [-0.25, -0.2) is 0 Å². The molecular formula is C102H198N8O19. The second-order valence-corrected chi connectivity index (χ2v) is 35.0. The van der Waals surface area contributed by atoms with Gasteiger partial charge >= 0.3 is 0 Å². The van der Waals surface area contributed by atoms with E-state index in [1.165, 1.54) is 218 Å². The van der Waals surface area contributed by atoms with E-state index in [0.29, 0.717) is 262 Å². The van der Waals surface area contributed by atoms with E-state index in [1.54, 1.807) is 0 Å². The van der Waals surface area contributed by atoms with Crippen LogP contribution in [0, 0.1) is 0 Å². The molecule has 0 aliphatic carbocycles. The molecule has 2 unspecified atom stereocenters. The van der Waals surface area contributed by atoms with Crippen LogP contribution in [-0.4, -0.2) is 244 Å². The van der Waals surface area contributed by atoms with Crippen molar-refractivity contribution >= 4 is 47.3 Å². The van der Waals surface area contributed by atoms with E-state index in [9.17, 15) is 38.4 Å². The lowest BCUT2D eigenvalue weighted by Gasteiger charge is -2.19. The lowest BCUT2D eigenvalue weighted by Crippen LogP contribution is -2.47. The average molecular weight is 1840 g/mol. The molecule has 0 spiro atoms. The van der Waals surface area contributed by atoms with E-state index in [4.69, 9.17) is 52.1 Å². The quantitative estimate of drug-likeness (QED) is 0.0262. The third-order valence-corrected chi connectivity index (χ3v) is 22.8. The lowest BCUT2D eigenvalue weighted by molar-refractivity contribution is -0.129. The normalized spacial score (nSPS) is 11.9. The van der Waals surface area contributed by atoms with Crippen LogP contribution in [0.5, 0.6) is 0 Å². The number of hydrogen-bond acceptors (Lipinski definition) is 19. The molecule has 0 aromatic rings. The van der Waals surface area contributed by atoms with Crippen LogP contribution >= 0.6 is 0 Å². The van der Waals surface area contributed by atoms with E-state index < -0.39 is 12.1 Å². The molecule has 760 valence electrons. The third-order valence-electron chi connectivity index (χ3n) is 22.8. The van der Waals surface area contributed by atoms with Gasteiger partial charge in [-0.05, 0) is 89.9 Å². The van der Waals surface area contributed by atoms with E-state index in [0.717, 1.165) is 77.0 Å². The van der Waals surface area contributed by atoms with Crippen molar-refractivity contribution in [3.8, 4) is 0 Å². The highest BCUT2D eigenvalue weighted by Gasteiger charge is 2.22. The maximum absolute atomic E-state index is 13.4. The topological polar surface area (TPSA) is 334 Å². The number of amides is 8. The van der Waals surface area contributed by atoms with Gasteiger partial charge in [0, 0.05) is 104 Å². The molecule has 0 saturated carbocycles. The Bertz CT molecular complexity index is 2290. The minimum absolute atomic E-state index is 0.0833. The highest BCUT2D eigenvalue weighted by atomic mass is 16.6. The Kier molecular flexibility index (Phi) is 102. The van der Waals surface area contributed by atoms with Gasteiger partial charge in [0.15, 0.2) is 0 Å². The summed E-state index contributed by atoms with van der Waals surface area (Å²) in [6, 6.07) is -1.24. The highest BCUT2D eigenvalue weighted by Crippen LogP contribution is 2.18. The predicted octanol–water partition coefficient (Wildman–Crippen LogP) is 18.3. The molecule has 8 N–H and O–H groups in total. The Balaban J connectivity index is 3.96. The largest absolute Gasteiger partial charge is 0.379 e. The van der Waals surface area contributed by atoms with Gasteiger partial charge in [-0.3, -0.25) is 38.4 Å². The van der Waals surface area contributed by atoms with Gasteiger partial charge in [-0.1, -0.05) is 285 Å². The van der Waals surface area contributed by atoms with Crippen molar-refractivity contribution in [2.45, 2.75) is 425 Å². The zero-order chi connectivity index (χ0) is 93.4. The first-order valence-corrected chi connectivity index (χ1v) is 53.0. The molecule has 0 rings (SSSR count). The number of carbonyl (C=O) groups is 8. The Hall–Kier alpha value is -4.68. The van der Waals surface area contributed by atoms with Crippen LogP contribution in [0.4, 0.5) is 0 Å². The molecule has 0 aliphatic heterocycles. The molecule has 0 radical (unpaired) electrons. The zero-order valence-electron chi connectivity index (χ0n) is 83.1. The molecule has 0 fully saturated rings. The molecule has 129 heavy (non-hydrogen) atoms. The van der Waals surface area contributed by atoms with Crippen LogP contribution in [0.3, 0.4) is 0 Å². The summed E-state index contributed by atoms with van der Waals surface area (Å²) in [5.41, 5.74) is 0. The molecule has 27 nitrogen and oxygen atoms in total. The molecule has 0 aromatic heterocycles. The van der Waals surface area contributed by atoms with Gasteiger partial charge in [-0.2, -0.15) is 0 Å². The molecular weight excluding hydrogens is 1640 g/mol. The summed E-state index contributed by atoms with van der Waals surface area (Å²) >= 11 is 0. The standard InChI is InChI=1S/C102H198N8O19/c1-5-9-13-17-21-25-29-33-37-41-45-59-95(111)103-65-51-49-57-93(109-99(115)61-47-43-39-35-31-27-23-19-15-11-7-3)101(117)107-69-55-73-121-79-85-125-83-77-119-71-53-67-105-97(113)63-75-123-81-87-127-89-91-129-92-90-128-88-82-124-76-64-98(114)106-68-54-72-120-78-84-126-86-80-122-74-56-70-108-102(118)94(110-100(116)62-48-44-40-36-32-28-24-20-16-12-8-4)58-50-52-66-104-96(112)60-46-42-38-34-30-26-22-18-14-10-6-2/h93-94H,5-92H2,1-4H3,(H,103,111)(H,104,112)(H,105,113)(H,106,114)(H,107,117)(H,108,118)(H,109,115)(H,110,116).